The zero-order valence-electron chi connectivity index (χ0n) is 5.81. The van der Waals surface area contributed by atoms with E-state index in [4.69, 9.17) is 0 Å². The number of carbonyl (C=O) groups is 1. The first-order valence-electron chi connectivity index (χ1n) is 3.83. The lowest BCUT2D eigenvalue weighted by molar-refractivity contribution is -0.122. The van der Waals surface area contributed by atoms with Crippen LogP contribution in [-0.4, -0.2) is 5.78 Å². The first kappa shape index (κ1) is 5.45. The minimum Gasteiger partial charge on any atom is -0.299 e. The van der Waals surface area contributed by atoms with Crippen molar-refractivity contribution in [2.24, 2.45) is 11.3 Å². The van der Waals surface area contributed by atoms with E-state index in [1.54, 1.807) is 0 Å². The minimum absolute atomic E-state index is 0.222. The largest absolute Gasteiger partial charge is 0.299 e. The Morgan fingerprint density at radius 2 is 2.56 bits per heavy atom. The molecule has 0 saturated heterocycles. The van der Waals surface area contributed by atoms with E-state index in [0.717, 1.165) is 18.8 Å². The van der Waals surface area contributed by atoms with Gasteiger partial charge in [-0.3, -0.25) is 4.79 Å². The SMILES string of the molecule is CC[C@@]12C[C@@H]1CCC2=O. The van der Waals surface area contributed by atoms with E-state index in [2.05, 4.69) is 6.92 Å². The fourth-order valence-corrected chi connectivity index (χ4v) is 2.29. The van der Waals surface area contributed by atoms with Gasteiger partial charge in [0.25, 0.3) is 0 Å². The summed E-state index contributed by atoms with van der Waals surface area (Å²) >= 11 is 0. The van der Waals surface area contributed by atoms with Crippen molar-refractivity contribution in [1.82, 2.24) is 0 Å². The van der Waals surface area contributed by atoms with Crippen LogP contribution in [0.2, 0.25) is 0 Å². The third kappa shape index (κ3) is 0.480. The average Bonchev–Trinajstić information content (AvgIpc) is 2.52. The predicted molar refractivity (Wildman–Crippen MR) is 35.1 cm³/mol. The smallest absolute Gasteiger partial charge is 0.139 e. The van der Waals surface area contributed by atoms with Gasteiger partial charge < -0.3 is 0 Å². The summed E-state index contributed by atoms with van der Waals surface area (Å²) in [5, 5.41) is 0. The molecule has 1 nitrogen and oxygen atoms in total. The van der Waals surface area contributed by atoms with Crippen molar-refractivity contribution in [2.45, 2.75) is 32.6 Å². The summed E-state index contributed by atoms with van der Waals surface area (Å²) in [5.41, 5.74) is 0.222. The van der Waals surface area contributed by atoms with Crippen LogP contribution >= 0.6 is 0 Å². The van der Waals surface area contributed by atoms with Crippen LogP contribution in [0.3, 0.4) is 0 Å². The second kappa shape index (κ2) is 1.39. The Morgan fingerprint density at radius 1 is 1.78 bits per heavy atom. The molecule has 2 atom stereocenters. The number of Topliss-reactive ketones (excluding diaryl/α,β-unsaturated/α-hetero) is 1. The zero-order valence-corrected chi connectivity index (χ0v) is 5.81. The molecule has 2 saturated carbocycles. The highest BCUT2D eigenvalue weighted by molar-refractivity contribution is 5.90. The van der Waals surface area contributed by atoms with E-state index in [1.807, 2.05) is 0 Å². The lowest BCUT2D eigenvalue weighted by Gasteiger charge is -2.03. The molecule has 0 aromatic carbocycles. The molecule has 1 heteroatoms. The lowest BCUT2D eigenvalue weighted by Crippen LogP contribution is -2.09. The average molecular weight is 124 g/mol. The predicted octanol–water partition coefficient (Wildman–Crippen LogP) is 1.77. The summed E-state index contributed by atoms with van der Waals surface area (Å²) in [7, 11) is 0. The summed E-state index contributed by atoms with van der Waals surface area (Å²) in [6, 6.07) is 0. The van der Waals surface area contributed by atoms with Gasteiger partial charge in [-0.15, -0.1) is 0 Å². The van der Waals surface area contributed by atoms with Gasteiger partial charge in [-0.05, 0) is 25.2 Å². The maximum Gasteiger partial charge on any atom is 0.139 e. The van der Waals surface area contributed by atoms with Gasteiger partial charge in [0, 0.05) is 11.8 Å². The topological polar surface area (TPSA) is 17.1 Å². The molecule has 9 heavy (non-hydrogen) atoms. The fraction of sp³-hybridized carbons (Fsp3) is 0.875. The Kier molecular flexibility index (Phi) is 0.842. The molecule has 0 heterocycles. The zero-order chi connectivity index (χ0) is 6.48. The van der Waals surface area contributed by atoms with Crippen LogP contribution in [0.1, 0.15) is 32.6 Å². The molecule has 50 valence electrons. The van der Waals surface area contributed by atoms with Crippen molar-refractivity contribution in [3.63, 3.8) is 0 Å². The summed E-state index contributed by atoms with van der Waals surface area (Å²) in [4.78, 5) is 11.2. The maximum absolute atomic E-state index is 11.2. The van der Waals surface area contributed by atoms with E-state index >= 15 is 0 Å². The van der Waals surface area contributed by atoms with Crippen LogP contribution in [0.5, 0.6) is 0 Å². The molecule has 2 rings (SSSR count). The normalized spacial score (nSPS) is 47.2. The maximum atomic E-state index is 11.2. The van der Waals surface area contributed by atoms with E-state index in [9.17, 15) is 4.79 Å². The molecule has 0 N–H and O–H groups in total. The van der Waals surface area contributed by atoms with Crippen molar-refractivity contribution in [3.8, 4) is 0 Å². The first-order valence-corrected chi connectivity index (χ1v) is 3.83. The van der Waals surface area contributed by atoms with Crippen LogP contribution in [-0.2, 0) is 4.79 Å². The van der Waals surface area contributed by atoms with Gasteiger partial charge in [0.1, 0.15) is 5.78 Å². The second-order valence-electron chi connectivity index (χ2n) is 3.37. The van der Waals surface area contributed by atoms with Gasteiger partial charge in [0.05, 0.1) is 0 Å². The van der Waals surface area contributed by atoms with Crippen molar-refractivity contribution in [2.75, 3.05) is 0 Å². The number of hydrogen-bond donors (Lipinski definition) is 0. The second-order valence-corrected chi connectivity index (χ2v) is 3.37. The third-order valence-electron chi connectivity index (χ3n) is 3.14. The van der Waals surface area contributed by atoms with Crippen molar-refractivity contribution >= 4 is 5.78 Å². The number of hydrogen-bond acceptors (Lipinski definition) is 1. The molecule has 0 aromatic rings. The van der Waals surface area contributed by atoms with Gasteiger partial charge in [-0.25, -0.2) is 0 Å². The van der Waals surface area contributed by atoms with Gasteiger partial charge in [-0.1, -0.05) is 6.92 Å². The van der Waals surface area contributed by atoms with Gasteiger partial charge >= 0.3 is 0 Å². The molecule has 0 radical (unpaired) electrons. The van der Waals surface area contributed by atoms with E-state index in [-0.39, 0.29) is 5.41 Å². The quantitative estimate of drug-likeness (QED) is 0.520. The van der Waals surface area contributed by atoms with Crippen LogP contribution in [0.25, 0.3) is 0 Å². The molecular formula is C8H12O. The van der Waals surface area contributed by atoms with Crippen molar-refractivity contribution in [1.29, 1.82) is 0 Å². The van der Waals surface area contributed by atoms with E-state index < -0.39 is 0 Å². The number of ketones is 1. The highest BCUT2D eigenvalue weighted by atomic mass is 16.1. The van der Waals surface area contributed by atoms with E-state index in [1.165, 1.54) is 12.8 Å². The number of carbonyl (C=O) groups excluding carboxylic acids is 1. The Morgan fingerprint density at radius 3 is 2.78 bits per heavy atom. The van der Waals surface area contributed by atoms with Gasteiger partial charge in [0.15, 0.2) is 0 Å². The third-order valence-corrected chi connectivity index (χ3v) is 3.14. The van der Waals surface area contributed by atoms with Crippen LogP contribution in [0.4, 0.5) is 0 Å². The summed E-state index contributed by atoms with van der Waals surface area (Å²) in [6.07, 6.45) is 4.37. The Labute approximate surface area is 55.4 Å². The Hall–Kier alpha value is -0.330. The van der Waals surface area contributed by atoms with Crippen LogP contribution in [0.15, 0.2) is 0 Å². The Balaban J connectivity index is 2.23. The van der Waals surface area contributed by atoms with Crippen LogP contribution in [0, 0.1) is 11.3 Å². The number of rotatable bonds is 1. The van der Waals surface area contributed by atoms with Crippen molar-refractivity contribution in [3.05, 3.63) is 0 Å². The molecule has 0 aromatic heterocycles. The molecule has 0 unspecified atom stereocenters. The molecule has 0 amide bonds. The molecule has 0 bridgehead atoms. The minimum atomic E-state index is 0.222. The molecule has 2 fully saturated rings. The molecule has 0 spiro atoms. The fourth-order valence-electron chi connectivity index (χ4n) is 2.29. The molecule has 2 aliphatic carbocycles. The highest BCUT2D eigenvalue weighted by Crippen LogP contribution is 2.63. The molecule has 0 aliphatic heterocycles. The monoisotopic (exact) mass is 124 g/mol. The Bertz CT molecular complexity index is 158. The lowest BCUT2D eigenvalue weighted by atomic mass is 10.00. The summed E-state index contributed by atoms with van der Waals surface area (Å²) < 4.78 is 0. The van der Waals surface area contributed by atoms with Gasteiger partial charge in [-0.2, -0.15) is 0 Å². The standard InChI is InChI=1S/C8H12O/c1-2-8-5-6(8)3-4-7(8)9/h6H,2-5H2,1H3/t6-,8+/m0/s1. The first-order chi connectivity index (χ1) is 4.29. The van der Waals surface area contributed by atoms with Crippen LogP contribution < -0.4 is 0 Å². The molecule has 2 aliphatic rings. The van der Waals surface area contributed by atoms with Crippen molar-refractivity contribution < 1.29 is 4.79 Å². The van der Waals surface area contributed by atoms with E-state index in [0.29, 0.717) is 5.78 Å². The number of fused-ring (bicyclic) bond motifs is 1. The summed E-state index contributed by atoms with van der Waals surface area (Å²) in [5.74, 6) is 1.35. The highest BCUT2D eigenvalue weighted by Gasteiger charge is 2.61. The summed E-state index contributed by atoms with van der Waals surface area (Å²) in [6.45, 7) is 2.14. The van der Waals surface area contributed by atoms with Gasteiger partial charge in [0.2, 0.25) is 0 Å². The molecular weight excluding hydrogens is 112 g/mol.